The minimum atomic E-state index is -0.404. The van der Waals surface area contributed by atoms with Crippen molar-refractivity contribution < 1.29 is 4.39 Å². The fourth-order valence-corrected chi connectivity index (χ4v) is 4.25. The highest BCUT2D eigenvalue weighted by Crippen LogP contribution is 2.32. The van der Waals surface area contributed by atoms with Crippen LogP contribution in [0.5, 0.6) is 0 Å². The van der Waals surface area contributed by atoms with Gasteiger partial charge in [0, 0.05) is 25.8 Å². The number of nitrogens with zero attached hydrogens (tertiary/aromatic N) is 5. The van der Waals surface area contributed by atoms with Gasteiger partial charge in [-0.15, -0.1) is 0 Å². The lowest BCUT2D eigenvalue weighted by Crippen LogP contribution is -2.40. The molecule has 0 saturated heterocycles. The van der Waals surface area contributed by atoms with Crippen LogP contribution in [-0.2, 0) is 20.1 Å². The molecule has 5 rings (SSSR count). The van der Waals surface area contributed by atoms with Crippen LogP contribution < -0.4 is 16.1 Å². The van der Waals surface area contributed by atoms with E-state index in [4.69, 9.17) is 0 Å². The number of anilines is 2. The second kappa shape index (κ2) is 7.23. The Balaban J connectivity index is 1.73. The van der Waals surface area contributed by atoms with E-state index in [0.29, 0.717) is 30.2 Å². The van der Waals surface area contributed by atoms with Crippen LogP contribution in [0, 0.1) is 11.7 Å². The molecule has 7 nitrogen and oxygen atoms in total. The number of fused-ring (bicyclic) bond motifs is 3. The van der Waals surface area contributed by atoms with Crippen LogP contribution in [0.2, 0.25) is 0 Å². The predicted octanol–water partition coefficient (Wildman–Crippen LogP) is 2.87. The van der Waals surface area contributed by atoms with E-state index >= 15 is 0 Å². The second-order valence-electron chi connectivity index (χ2n) is 8.11. The molecule has 0 aliphatic carbocycles. The minimum Gasteiger partial charge on any atom is -0.312 e. The summed E-state index contributed by atoms with van der Waals surface area (Å²) in [5.74, 6) is 0.506. The second-order valence-corrected chi connectivity index (χ2v) is 8.11. The maximum atomic E-state index is 13.5. The van der Waals surface area contributed by atoms with Crippen molar-refractivity contribution in [2.75, 3.05) is 11.4 Å². The van der Waals surface area contributed by atoms with Crippen molar-refractivity contribution in [1.29, 1.82) is 0 Å². The van der Waals surface area contributed by atoms with Gasteiger partial charge in [-0.2, -0.15) is 4.98 Å². The Hall–Kier alpha value is -3.68. The summed E-state index contributed by atoms with van der Waals surface area (Å²) < 4.78 is 18.0. The summed E-state index contributed by atoms with van der Waals surface area (Å²) in [6.45, 7) is 3.58. The standard InChI is InChI=1S/C23H22FN5O2/c1-15-12-27(18-10-8-17(24)9-11-18)22-25-20-19(28(22)13-15)21(30)29(23(31)26(20)2)14-16-6-4-3-5-7-16/h3-11,15H,12-14H2,1-2H3/t15-/m1/s1. The average Bonchev–Trinajstić information content (AvgIpc) is 3.15. The topological polar surface area (TPSA) is 65.1 Å². The van der Waals surface area contributed by atoms with E-state index in [0.717, 1.165) is 11.3 Å². The zero-order valence-corrected chi connectivity index (χ0v) is 17.3. The van der Waals surface area contributed by atoms with E-state index in [1.54, 1.807) is 19.2 Å². The van der Waals surface area contributed by atoms with Gasteiger partial charge in [-0.05, 0) is 35.7 Å². The number of halogens is 1. The van der Waals surface area contributed by atoms with Crippen molar-refractivity contribution >= 4 is 22.8 Å². The van der Waals surface area contributed by atoms with E-state index in [-0.39, 0.29) is 23.8 Å². The molecule has 1 aliphatic rings. The average molecular weight is 419 g/mol. The number of hydrogen-bond acceptors (Lipinski definition) is 4. The highest BCUT2D eigenvalue weighted by molar-refractivity contribution is 5.77. The highest BCUT2D eigenvalue weighted by atomic mass is 19.1. The molecular formula is C23H22FN5O2. The van der Waals surface area contributed by atoms with Crippen LogP contribution in [0.4, 0.5) is 16.0 Å². The van der Waals surface area contributed by atoms with Gasteiger partial charge < -0.3 is 9.47 Å². The molecular weight excluding hydrogens is 397 g/mol. The summed E-state index contributed by atoms with van der Waals surface area (Å²) in [6.07, 6.45) is 0. The smallest absolute Gasteiger partial charge is 0.312 e. The third-order valence-electron chi connectivity index (χ3n) is 5.76. The maximum Gasteiger partial charge on any atom is 0.332 e. The number of rotatable bonds is 3. The lowest BCUT2D eigenvalue weighted by molar-refractivity contribution is 0.458. The SMILES string of the molecule is C[C@@H]1CN(c2ccc(F)cc2)c2nc3c(c(=O)n(Cc4ccccc4)c(=O)n3C)n2C1. The molecule has 8 heteroatoms. The largest absolute Gasteiger partial charge is 0.332 e. The molecule has 0 unspecified atom stereocenters. The van der Waals surface area contributed by atoms with E-state index in [2.05, 4.69) is 11.9 Å². The minimum absolute atomic E-state index is 0.194. The summed E-state index contributed by atoms with van der Waals surface area (Å²) in [7, 11) is 1.64. The van der Waals surface area contributed by atoms with Gasteiger partial charge in [0.2, 0.25) is 5.95 Å². The van der Waals surface area contributed by atoms with Crippen LogP contribution in [-0.4, -0.2) is 25.2 Å². The lowest BCUT2D eigenvalue weighted by atomic mass is 10.1. The zero-order chi connectivity index (χ0) is 21.7. The predicted molar refractivity (Wildman–Crippen MR) is 117 cm³/mol. The fraction of sp³-hybridized carbons (Fsp3) is 0.261. The summed E-state index contributed by atoms with van der Waals surface area (Å²) >= 11 is 0. The van der Waals surface area contributed by atoms with Crippen LogP contribution in [0.25, 0.3) is 11.2 Å². The summed E-state index contributed by atoms with van der Waals surface area (Å²) in [6, 6.07) is 15.6. The molecule has 0 radical (unpaired) electrons. The Bertz CT molecular complexity index is 1390. The van der Waals surface area contributed by atoms with Crippen LogP contribution in [0.3, 0.4) is 0 Å². The number of imidazole rings is 1. The van der Waals surface area contributed by atoms with Crippen molar-refractivity contribution in [3.8, 4) is 0 Å². The molecule has 1 aliphatic heterocycles. The van der Waals surface area contributed by atoms with Crippen LogP contribution in [0.15, 0.2) is 64.2 Å². The molecule has 0 bridgehead atoms. The number of aromatic nitrogens is 4. The Labute approximate surface area is 177 Å². The lowest BCUT2D eigenvalue weighted by Gasteiger charge is -2.32. The molecule has 3 heterocycles. The van der Waals surface area contributed by atoms with Gasteiger partial charge in [-0.3, -0.25) is 13.9 Å². The van der Waals surface area contributed by atoms with Gasteiger partial charge in [0.1, 0.15) is 5.82 Å². The molecule has 31 heavy (non-hydrogen) atoms. The molecule has 0 spiro atoms. The normalized spacial score (nSPS) is 16.0. The Morgan fingerprint density at radius 1 is 1.03 bits per heavy atom. The van der Waals surface area contributed by atoms with Crippen molar-refractivity contribution in [3.05, 3.63) is 86.8 Å². The van der Waals surface area contributed by atoms with Crippen LogP contribution >= 0.6 is 0 Å². The molecule has 0 fully saturated rings. The first-order chi connectivity index (χ1) is 14.9. The Kier molecular flexibility index (Phi) is 4.50. The number of hydrogen-bond donors (Lipinski definition) is 0. The van der Waals surface area contributed by atoms with Gasteiger partial charge in [-0.25, -0.2) is 9.18 Å². The van der Waals surface area contributed by atoms with E-state index < -0.39 is 5.69 Å². The third kappa shape index (κ3) is 3.15. The molecule has 0 N–H and O–H groups in total. The first-order valence-corrected chi connectivity index (χ1v) is 10.2. The van der Waals surface area contributed by atoms with Gasteiger partial charge in [0.15, 0.2) is 11.2 Å². The van der Waals surface area contributed by atoms with Crippen molar-refractivity contribution in [3.63, 3.8) is 0 Å². The summed E-state index contributed by atoms with van der Waals surface area (Å²) in [5.41, 5.74) is 1.68. The number of aryl methyl sites for hydroxylation is 1. The molecule has 4 aromatic rings. The summed E-state index contributed by atoms with van der Waals surface area (Å²) in [5, 5.41) is 0. The maximum absolute atomic E-state index is 13.5. The van der Waals surface area contributed by atoms with E-state index in [1.165, 1.54) is 21.3 Å². The van der Waals surface area contributed by atoms with E-state index in [9.17, 15) is 14.0 Å². The quantitative estimate of drug-likeness (QED) is 0.512. The molecule has 0 amide bonds. The summed E-state index contributed by atoms with van der Waals surface area (Å²) in [4.78, 5) is 33.1. The molecule has 2 aromatic heterocycles. The monoisotopic (exact) mass is 419 g/mol. The van der Waals surface area contributed by atoms with Gasteiger partial charge >= 0.3 is 5.69 Å². The molecule has 0 saturated carbocycles. The molecule has 158 valence electrons. The van der Waals surface area contributed by atoms with E-state index in [1.807, 2.05) is 39.8 Å². The Morgan fingerprint density at radius 3 is 2.45 bits per heavy atom. The van der Waals surface area contributed by atoms with Gasteiger partial charge in [-0.1, -0.05) is 37.3 Å². The molecule has 1 atom stereocenters. The first kappa shape index (κ1) is 19.3. The van der Waals surface area contributed by atoms with Crippen molar-refractivity contribution in [1.82, 2.24) is 18.7 Å². The van der Waals surface area contributed by atoms with Crippen molar-refractivity contribution in [2.24, 2.45) is 13.0 Å². The van der Waals surface area contributed by atoms with Gasteiger partial charge in [0.05, 0.1) is 6.54 Å². The fourth-order valence-electron chi connectivity index (χ4n) is 4.25. The third-order valence-corrected chi connectivity index (χ3v) is 5.76. The Morgan fingerprint density at radius 2 is 1.74 bits per heavy atom. The zero-order valence-electron chi connectivity index (χ0n) is 17.3. The molecule has 2 aromatic carbocycles. The highest BCUT2D eigenvalue weighted by Gasteiger charge is 2.29. The van der Waals surface area contributed by atoms with Gasteiger partial charge in [0.25, 0.3) is 5.56 Å². The number of benzene rings is 2. The first-order valence-electron chi connectivity index (χ1n) is 10.2. The van der Waals surface area contributed by atoms with Crippen molar-refractivity contribution in [2.45, 2.75) is 20.0 Å². The van der Waals surface area contributed by atoms with Crippen LogP contribution in [0.1, 0.15) is 12.5 Å².